The molecule has 4 N–H and O–H groups in total. The monoisotopic (exact) mass is 860 g/mol. The summed E-state index contributed by atoms with van der Waals surface area (Å²) in [4.78, 5) is 12.5. The van der Waals surface area contributed by atoms with Gasteiger partial charge in [0.15, 0.2) is 0 Å². The lowest BCUT2D eigenvalue weighted by molar-refractivity contribution is -0.124. The van der Waals surface area contributed by atoms with Gasteiger partial charge >= 0.3 is 0 Å². The lowest BCUT2D eigenvalue weighted by atomic mass is 10.0. The number of amides is 1. The van der Waals surface area contributed by atoms with Crippen LogP contribution in [0.2, 0.25) is 0 Å². The molecule has 0 aliphatic rings. The number of aliphatic hydroxyl groups excluding tert-OH is 3. The number of hydrogen-bond acceptors (Lipinski definition) is 4. The van der Waals surface area contributed by atoms with Gasteiger partial charge in [0.2, 0.25) is 5.91 Å². The number of nitrogens with one attached hydrogen (secondary N) is 1. The van der Waals surface area contributed by atoms with Crippen LogP contribution in [0.3, 0.4) is 0 Å². The van der Waals surface area contributed by atoms with Crippen molar-refractivity contribution in [1.82, 2.24) is 5.32 Å². The van der Waals surface area contributed by atoms with Crippen LogP contribution in [-0.2, 0) is 4.79 Å². The minimum absolute atomic E-state index is 0.0169. The van der Waals surface area contributed by atoms with Gasteiger partial charge in [0.1, 0.15) is 0 Å². The third kappa shape index (κ3) is 48.1. The Hall–Kier alpha value is -1.17. The average molecular weight is 860 g/mol. The van der Waals surface area contributed by atoms with Crippen molar-refractivity contribution >= 4 is 5.91 Å². The Morgan fingerprint density at radius 2 is 0.689 bits per heavy atom. The van der Waals surface area contributed by atoms with Crippen molar-refractivity contribution in [2.75, 3.05) is 6.61 Å². The van der Waals surface area contributed by atoms with Gasteiger partial charge in [0.05, 0.1) is 31.3 Å². The van der Waals surface area contributed by atoms with Crippen molar-refractivity contribution in [2.45, 2.75) is 321 Å². The summed E-state index contributed by atoms with van der Waals surface area (Å²) in [5.74, 6) is -0.311. The molecule has 1 amide bonds. The van der Waals surface area contributed by atoms with E-state index in [9.17, 15) is 20.1 Å². The summed E-state index contributed by atoms with van der Waals surface area (Å²) < 4.78 is 0. The summed E-state index contributed by atoms with van der Waals surface area (Å²) in [7, 11) is 0. The fourth-order valence-corrected chi connectivity index (χ4v) is 8.75. The van der Waals surface area contributed by atoms with Crippen LogP contribution >= 0.6 is 0 Å². The Bertz CT molecular complexity index is 905. The molecule has 5 heteroatoms. The molecule has 3 unspecified atom stereocenters. The van der Waals surface area contributed by atoms with Crippen molar-refractivity contribution in [3.8, 4) is 0 Å². The van der Waals surface area contributed by atoms with Gasteiger partial charge in [-0.1, -0.05) is 276 Å². The molecule has 61 heavy (non-hydrogen) atoms. The van der Waals surface area contributed by atoms with E-state index in [1.165, 1.54) is 250 Å². The molecule has 0 bridgehead atoms. The topological polar surface area (TPSA) is 89.8 Å². The summed E-state index contributed by atoms with van der Waals surface area (Å²) in [6, 6.07) is -0.742. The highest BCUT2D eigenvalue weighted by atomic mass is 16.3. The lowest BCUT2D eigenvalue weighted by Crippen LogP contribution is -2.45. The Morgan fingerprint density at radius 1 is 0.410 bits per heavy atom. The smallest absolute Gasteiger partial charge is 0.222 e. The van der Waals surface area contributed by atoms with Crippen molar-refractivity contribution < 1.29 is 20.1 Å². The molecule has 0 fully saturated rings. The minimum atomic E-state index is -0.927. The lowest BCUT2D eigenvalue weighted by Gasteiger charge is -2.21. The summed E-state index contributed by atoms with van der Waals surface area (Å²) >= 11 is 0. The molecule has 0 rings (SSSR count). The molecule has 362 valence electrons. The second kappa shape index (κ2) is 51.5. The molecular formula is C56H109NO4. The molecule has 0 radical (unpaired) electrons. The molecule has 0 aromatic rings. The number of unbranched alkanes of at least 4 members (excludes halogenated alkanes) is 40. The highest BCUT2D eigenvalue weighted by Gasteiger charge is 2.20. The average Bonchev–Trinajstić information content (AvgIpc) is 3.25. The second-order valence-electron chi connectivity index (χ2n) is 19.2. The molecule has 0 saturated heterocycles. The van der Waals surface area contributed by atoms with Crippen molar-refractivity contribution in [3.05, 3.63) is 24.3 Å². The zero-order valence-electron chi connectivity index (χ0n) is 41.3. The van der Waals surface area contributed by atoms with E-state index >= 15 is 0 Å². The van der Waals surface area contributed by atoms with E-state index in [4.69, 9.17) is 0 Å². The molecule has 0 spiro atoms. The Labute approximate surface area is 382 Å². The van der Waals surface area contributed by atoms with Crippen LogP contribution < -0.4 is 5.32 Å². The van der Waals surface area contributed by atoms with Crippen LogP contribution in [0.4, 0.5) is 0 Å². The Kier molecular flexibility index (Phi) is 50.5. The zero-order valence-corrected chi connectivity index (χ0v) is 41.3. The van der Waals surface area contributed by atoms with Crippen LogP contribution in [0.15, 0.2) is 24.3 Å². The van der Waals surface area contributed by atoms with E-state index in [2.05, 4.69) is 31.3 Å². The molecule has 5 nitrogen and oxygen atoms in total. The summed E-state index contributed by atoms with van der Waals surface area (Å²) in [5, 5.41) is 33.4. The first-order chi connectivity index (χ1) is 30.0. The minimum Gasteiger partial charge on any atom is -0.394 e. The highest BCUT2D eigenvalue weighted by molar-refractivity contribution is 5.76. The van der Waals surface area contributed by atoms with E-state index in [1.807, 2.05) is 6.08 Å². The van der Waals surface area contributed by atoms with Crippen LogP contribution in [0, 0.1) is 0 Å². The first-order valence-electron chi connectivity index (χ1n) is 27.6. The van der Waals surface area contributed by atoms with Gasteiger partial charge in [-0.3, -0.25) is 4.79 Å². The number of aliphatic hydroxyl groups is 3. The largest absolute Gasteiger partial charge is 0.394 e. The summed E-state index contributed by atoms with van der Waals surface area (Å²) in [6.45, 7) is 4.24. The predicted molar refractivity (Wildman–Crippen MR) is 268 cm³/mol. The highest BCUT2D eigenvalue weighted by Crippen LogP contribution is 2.17. The number of rotatable bonds is 51. The molecule has 0 heterocycles. The van der Waals surface area contributed by atoms with E-state index in [0.29, 0.717) is 6.42 Å². The number of carbonyl (C=O) groups excluding carboxylic acids is 1. The van der Waals surface area contributed by atoms with Gasteiger partial charge in [-0.25, -0.2) is 0 Å². The van der Waals surface area contributed by atoms with E-state index < -0.39 is 18.2 Å². The maximum atomic E-state index is 12.5. The maximum Gasteiger partial charge on any atom is 0.222 e. The number of carbonyl (C=O) groups is 1. The molecule has 0 aromatic heterocycles. The van der Waals surface area contributed by atoms with Crippen LogP contribution in [0.5, 0.6) is 0 Å². The van der Waals surface area contributed by atoms with Gasteiger partial charge < -0.3 is 20.6 Å². The molecule has 0 aliphatic carbocycles. The van der Waals surface area contributed by atoms with Crippen molar-refractivity contribution in [2.24, 2.45) is 0 Å². The quantitative estimate of drug-likeness (QED) is 0.0362. The van der Waals surface area contributed by atoms with E-state index in [0.717, 1.165) is 25.7 Å². The first-order valence-corrected chi connectivity index (χ1v) is 27.6. The third-order valence-corrected chi connectivity index (χ3v) is 13.0. The number of hydrogen-bond donors (Lipinski definition) is 4. The van der Waals surface area contributed by atoms with Gasteiger partial charge in [-0.15, -0.1) is 0 Å². The van der Waals surface area contributed by atoms with E-state index in [1.54, 1.807) is 6.08 Å². The van der Waals surface area contributed by atoms with Crippen LogP contribution in [0.25, 0.3) is 0 Å². The fraction of sp³-hybridized carbons (Fsp3) is 0.911. The zero-order chi connectivity index (χ0) is 44.4. The standard InChI is InChI=1S/C56H109NO4/c1-3-5-7-9-11-13-15-17-19-20-21-22-23-24-25-26-27-28-29-30-31-32-33-34-36-37-39-41-43-45-47-49-53(59)51-56(61)57-54(52-58)55(60)50-48-46-44-42-40-38-35-18-16-14-12-10-8-6-4-2/h24-25,48,50,53-55,58-60H,3-23,26-47,49,51-52H2,1-2H3,(H,57,61)/b25-24-,50-48+. The van der Waals surface area contributed by atoms with Gasteiger partial charge in [-0.2, -0.15) is 0 Å². The van der Waals surface area contributed by atoms with Crippen LogP contribution in [-0.4, -0.2) is 46.1 Å². The predicted octanol–water partition coefficient (Wildman–Crippen LogP) is 16.9. The summed E-state index contributed by atoms with van der Waals surface area (Å²) in [5.41, 5.74) is 0. The molecule has 0 aromatic carbocycles. The fourth-order valence-electron chi connectivity index (χ4n) is 8.75. The first kappa shape index (κ1) is 59.8. The van der Waals surface area contributed by atoms with E-state index in [-0.39, 0.29) is 18.9 Å². The van der Waals surface area contributed by atoms with Crippen molar-refractivity contribution in [1.29, 1.82) is 0 Å². The van der Waals surface area contributed by atoms with Gasteiger partial charge in [-0.05, 0) is 44.9 Å². The number of allylic oxidation sites excluding steroid dienone is 3. The third-order valence-electron chi connectivity index (χ3n) is 13.0. The van der Waals surface area contributed by atoms with Gasteiger partial charge in [0.25, 0.3) is 0 Å². The Balaban J connectivity index is 3.51. The molecule has 0 aliphatic heterocycles. The van der Waals surface area contributed by atoms with Crippen molar-refractivity contribution in [3.63, 3.8) is 0 Å². The summed E-state index contributed by atoms with van der Waals surface area (Å²) in [6.07, 6.45) is 65.1. The molecule has 0 saturated carbocycles. The molecular weight excluding hydrogens is 751 g/mol. The second-order valence-corrected chi connectivity index (χ2v) is 19.2. The SMILES string of the molecule is CCCCCCCCCCCCCC/C=C\CCCCCCCCCCCCCCCCCC(O)CC(=O)NC(CO)C(O)/C=C/CCCCCCCCCCCCCCC. The molecule has 3 atom stereocenters. The normalized spacial score (nSPS) is 13.5. The Morgan fingerprint density at radius 3 is 1.00 bits per heavy atom. The van der Waals surface area contributed by atoms with Crippen LogP contribution in [0.1, 0.15) is 303 Å². The van der Waals surface area contributed by atoms with Gasteiger partial charge in [0, 0.05) is 0 Å². The maximum absolute atomic E-state index is 12.5.